The first kappa shape index (κ1) is 12.2. The first-order valence-corrected chi connectivity index (χ1v) is 6.76. The molecule has 0 radical (unpaired) electrons. The maximum atomic E-state index is 14.2. The van der Waals surface area contributed by atoms with Gasteiger partial charge in [-0.3, -0.25) is 4.98 Å². The highest BCUT2D eigenvalue weighted by atomic mass is 19.1. The Kier molecular flexibility index (Phi) is 2.81. The summed E-state index contributed by atoms with van der Waals surface area (Å²) in [6, 6.07) is 5.08. The fourth-order valence-electron chi connectivity index (χ4n) is 2.79. The molecule has 0 spiro atoms. The number of hydrogen-bond acceptors (Lipinski definition) is 3. The van der Waals surface area contributed by atoms with E-state index in [2.05, 4.69) is 17.2 Å². The molecule has 1 heterocycles. The van der Waals surface area contributed by atoms with Crippen molar-refractivity contribution >= 4 is 22.3 Å². The second-order valence-corrected chi connectivity index (χ2v) is 5.33. The monoisotopic (exact) mass is 259 g/mol. The molecule has 0 bridgehead atoms. The maximum Gasteiger partial charge on any atom is 0.150 e. The van der Waals surface area contributed by atoms with Crippen LogP contribution < -0.4 is 11.1 Å². The van der Waals surface area contributed by atoms with Gasteiger partial charge in [0.15, 0.2) is 5.82 Å². The summed E-state index contributed by atoms with van der Waals surface area (Å²) in [6.07, 6.45) is 6.03. The van der Waals surface area contributed by atoms with Gasteiger partial charge in [-0.15, -0.1) is 0 Å². The van der Waals surface area contributed by atoms with Crippen molar-refractivity contribution in [2.45, 2.75) is 38.1 Å². The van der Waals surface area contributed by atoms with Gasteiger partial charge in [-0.1, -0.05) is 6.92 Å². The lowest BCUT2D eigenvalue weighted by molar-refractivity contribution is 0.269. The molecule has 3 N–H and O–H groups in total. The van der Waals surface area contributed by atoms with Crippen LogP contribution in [0.5, 0.6) is 0 Å². The first-order chi connectivity index (χ1) is 9.15. The van der Waals surface area contributed by atoms with Gasteiger partial charge in [-0.05, 0) is 43.9 Å². The third-order valence-electron chi connectivity index (χ3n) is 4.25. The summed E-state index contributed by atoms with van der Waals surface area (Å²) in [6.45, 7) is 2.14. The molecule has 3 nitrogen and oxygen atoms in total. The van der Waals surface area contributed by atoms with E-state index in [1.165, 1.54) is 12.5 Å². The molecule has 4 heteroatoms. The van der Waals surface area contributed by atoms with Crippen LogP contribution in [0.1, 0.15) is 32.6 Å². The second-order valence-electron chi connectivity index (χ2n) is 5.33. The van der Waals surface area contributed by atoms with E-state index in [1.54, 1.807) is 6.20 Å². The standard InChI is InChI=1S/C15H18FN3/c1-2-15(6-4-7-15)19-14-11(16)9-12(17)10-5-3-8-18-13(10)14/h3,5,8-9,19H,2,4,6-7,17H2,1H3. The molecule has 0 atom stereocenters. The molecule has 0 unspecified atom stereocenters. The van der Waals surface area contributed by atoms with E-state index in [0.29, 0.717) is 16.9 Å². The molecule has 1 aliphatic carbocycles. The highest BCUT2D eigenvalue weighted by Crippen LogP contribution is 2.40. The number of anilines is 2. The zero-order valence-electron chi connectivity index (χ0n) is 11.0. The Labute approximate surface area is 112 Å². The van der Waals surface area contributed by atoms with Crippen LogP contribution in [0.3, 0.4) is 0 Å². The fourth-order valence-corrected chi connectivity index (χ4v) is 2.79. The number of benzene rings is 1. The molecule has 1 aromatic heterocycles. The summed E-state index contributed by atoms with van der Waals surface area (Å²) < 4.78 is 14.2. The van der Waals surface area contributed by atoms with Crippen molar-refractivity contribution in [3.63, 3.8) is 0 Å². The van der Waals surface area contributed by atoms with Crippen LogP contribution in [0.2, 0.25) is 0 Å². The van der Waals surface area contributed by atoms with E-state index in [-0.39, 0.29) is 11.4 Å². The summed E-state index contributed by atoms with van der Waals surface area (Å²) >= 11 is 0. The van der Waals surface area contributed by atoms with Crippen LogP contribution in [0.25, 0.3) is 10.9 Å². The molecular formula is C15H18FN3. The summed E-state index contributed by atoms with van der Waals surface area (Å²) in [5.41, 5.74) is 7.44. The third kappa shape index (κ3) is 1.91. The number of fused-ring (bicyclic) bond motifs is 1. The van der Waals surface area contributed by atoms with Gasteiger partial charge in [0.2, 0.25) is 0 Å². The van der Waals surface area contributed by atoms with Gasteiger partial charge in [0.1, 0.15) is 0 Å². The molecule has 0 amide bonds. The van der Waals surface area contributed by atoms with Crippen molar-refractivity contribution in [2.75, 3.05) is 11.1 Å². The quantitative estimate of drug-likeness (QED) is 0.826. The van der Waals surface area contributed by atoms with Gasteiger partial charge in [0.05, 0.1) is 11.2 Å². The molecule has 0 saturated heterocycles. The van der Waals surface area contributed by atoms with E-state index in [9.17, 15) is 4.39 Å². The normalized spacial score (nSPS) is 17.2. The van der Waals surface area contributed by atoms with Crippen molar-refractivity contribution in [1.29, 1.82) is 0 Å². The van der Waals surface area contributed by atoms with Crippen LogP contribution in [0.15, 0.2) is 24.4 Å². The Balaban J connectivity index is 2.12. The molecule has 1 aliphatic rings. The molecule has 1 saturated carbocycles. The number of halogens is 1. The van der Waals surface area contributed by atoms with E-state index < -0.39 is 0 Å². The summed E-state index contributed by atoms with van der Waals surface area (Å²) in [4.78, 5) is 4.30. The average molecular weight is 259 g/mol. The van der Waals surface area contributed by atoms with Crippen LogP contribution in [-0.4, -0.2) is 10.5 Å². The number of aromatic nitrogens is 1. The zero-order chi connectivity index (χ0) is 13.5. The molecule has 0 aliphatic heterocycles. The minimum absolute atomic E-state index is 0.0292. The Hall–Kier alpha value is -1.84. The summed E-state index contributed by atoms with van der Waals surface area (Å²) in [5, 5.41) is 4.19. The largest absolute Gasteiger partial charge is 0.398 e. The van der Waals surface area contributed by atoms with E-state index in [1.807, 2.05) is 12.1 Å². The SMILES string of the molecule is CCC1(Nc2c(F)cc(N)c3cccnc23)CCC1. The van der Waals surface area contributed by atoms with Gasteiger partial charge in [-0.25, -0.2) is 4.39 Å². The smallest absolute Gasteiger partial charge is 0.150 e. The zero-order valence-corrected chi connectivity index (χ0v) is 11.0. The van der Waals surface area contributed by atoms with Gasteiger partial charge >= 0.3 is 0 Å². The molecule has 3 rings (SSSR count). The fraction of sp³-hybridized carbons (Fsp3) is 0.400. The minimum atomic E-state index is -0.316. The van der Waals surface area contributed by atoms with Crippen molar-refractivity contribution in [1.82, 2.24) is 4.98 Å². The summed E-state index contributed by atoms with van der Waals surface area (Å²) in [5.74, 6) is -0.316. The first-order valence-electron chi connectivity index (χ1n) is 6.76. The number of nitrogens with one attached hydrogen (secondary N) is 1. The van der Waals surface area contributed by atoms with Crippen molar-refractivity contribution in [2.24, 2.45) is 0 Å². The maximum absolute atomic E-state index is 14.2. The number of nitrogens with zero attached hydrogens (tertiary/aromatic N) is 1. The average Bonchev–Trinajstić information content (AvgIpc) is 2.37. The highest BCUT2D eigenvalue weighted by molar-refractivity contribution is 5.98. The Morgan fingerprint density at radius 1 is 1.47 bits per heavy atom. The van der Waals surface area contributed by atoms with Gasteiger partial charge in [0.25, 0.3) is 0 Å². The lowest BCUT2D eigenvalue weighted by Crippen LogP contribution is -2.44. The van der Waals surface area contributed by atoms with E-state index in [0.717, 1.165) is 24.6 Å². The molecule has 1 fully saturated rings. The number of hydrogen-bond donors (Lipinski definition) is 2. The lowest BCUT2D eigenvalue weighted by Gasteiger charge is -2.43. The van der Waals surface area contributed by atoms with Crippen LogP contribution >= 0.6 is 0 Å². The topological polar surface area (TPSA) is 50.9 Å². The Bertz CT molecular complexity index is 615. The number of rotatable bonds is 3. The minimum Gasteiger partial charge on any atom is -0.398 e. The van der Waals surface area contributed by atoms with Crippen molar-refractivity contribution in [3.8, 4) is 0 Å². The Morgan fingerprint density at radius 3 is 2.89 bits per heavy atom. The lowest BCUT2D eigenvalue weighted by atomic mass is 9.74. The molecule has 2 aromatic rings. The number of nitrogens with two attached hydrogens (primary N) is 1. The number of nitrogen functional groups attached to an aromatic ring is 1. The van der Waals surface area contributed by atoms with Gasteiger partial charge in [0, 0.05) is 22.8 Å². The van der Waals surface area contributed by atoms with Crippen LogP contribution in [0.4, 0.5) is 15.8 Å². The highest BCUT2D eigenvalue weighted by Gasteiger charge is 2.36. The van der Waals surface area contributed by atoms with Crippen LogP contribution in [-0.2, 0) is 0 Å². The third-order valence-corrected chi connectivity index (χ3v) is 4.25. The summed E-state index contributed by atoms with van der Waals surface area (Å²) in [7, 11) is 0. The number of pyridine rings is 1. The Morgan fingerprint density at radius 2 is 2.26 bits per heavy atom. The molecule has 100 valence electrons. The molecular weight excluding hydrogens is 241 g/mol. The van der Waals surface area contributed by atoms with Gasteiger partial charge < -0.3 is 11.1 Å². The van der Waals surface area contributed by atoms with E-state index >= 15 is 0 Å². The van der Waals surface area contributed by atoms with Crippen molar-refractivity contribution < 1.29 is 4.39 Å². The van der Waals surface area contributed by atoms with Crippen LogP contribution in [0, 0.1) is 5.82 Å². The predicted octanol–water partition coefficient (Wildman–Crippen LogP) is 3.70. The molecule has 19 heavy (non-hydrogen) atoms. The van der Waals surface area contributed by atoms with E-state index in [4.69, 9.17) is 5.73 Å². The predicted molar refractivity (Wildman–Crippen MR) is 76.6 cm³/mol. The van der Waals surface area contributed by atoms with Crippen molar-refractivity contribution in [3.05, 3.63) is 30.2 Å². The molecule has 1 aromatic carbocycles. The second kappa shape index (κ2) is 4.37. The van der Waals surface area contributed by atoms with Gasteiger partial charge in [-0.2, -0.15) is 0 Å².